The third-order valence-corrected chi connectivity index (χ3v) is 8.57. The largest absolute Gasteiger partial charge is 0.370 e. The number of guanidine groups is 2. The van der Waals surface area contributed by atoms with Gasteiger partial charge in [-0.3, -0.25) is 15.4 Å². The Morgan fingerprint density at radius 3 is 2.54 bits per heavy atom. The van der Waals surface area contributed by atoms with E-state index in [1.54, 1.807) is 0 Å². The lowest BCUT2D eigenvalue weighted by Gasteiger charge is -2.38. The van der Waals surface area contributed by atoms with E-state index < -0.39 is 0 Å². The van der Waals surface area contributed by atoms with Crippen LogP contribution in [-0.4, -0.2) is 76.9 Å². The molecule has 3 N–H and O–H groups in total. The highest BCUT2D eigenvalue weighted by Crippen LogP contribution is 2.40. The molecule has 4 rings (SSSR count). The Morgan fingerprint density at radius 2 is 1.83 bits per heavy atom. The molecule has 2 fully saturated rings. The number of nitrogens with one attached hydrogen (secondary N) is 1. The van der Waals surface area contributed by atoms with E-state index in [-0.39, 0.29) is 0 Å². The zero-order chi connectivity index (χ0) is 24.8. The maximum Gasteiger partial charge on any atom is 0.193 e. The van der Waals surface area contributed by atoms with E-state index in [1.165, 1.54) is 31.2 Å². The van der Waals surface area contributed by atoms with Gasteiger partial charge < -0.3 is 20.4 Å². The van der Waals surface area contributed by atoms with E-state index in [1.807, 2.05) is 18.5 Å². The van der Waals surface area contributed by atoms with Gasteiger partial charge in [0.25, 0.3) is 0 Å². The SMILES string of the molecule is CC(C)(C)C1CCC(CN2CCN(CCCC[C@@H]3CN=C(N)N3CCc3cccnc3)C2=N)CC1. The third-order valence-electron chi connectivity index (χ3n) is 8.57. The lowest BCUT2D eigenvalue weighted by Crippen LogP contribution is -2.42. The molecule has 2 aliphatic heterocycles. The van der Waals surface area contributed by atoms with E-state index in [0.717, 1.165) is 82.7 Å². The second-order valence-corrected chi connectivity index (χ2v) is 12.0. The Morgan fingerprint density at radius 1 is 1.06 bits per heavy atom. The van der Waals surface area contributed by atoms with Crippen LogP contribution in [0.1, 0.15) is 71.3 Å². The van der Waals surface area contributed by atoms with Crippen LogP contribution in [0.3, 0.4) is 0 Å². The van der Waals surface area contributed by atoms with Crippen LogP contribution in [0.25, 0.3) is 0 Å². The van der Waals surface area contributed by atoms with Gasteiger partial charge in [0.15, 0.2) is 11.9 Å². The molecule has 1 saturated carbocycles. The van der Waals surface area contributed by atoms with E-state index in [4.69, 9.17) is 11.1 Å². The summed E-state index contributed by atoms with van der Waals surface area (Å²) >= 11 is 0. The molecule has 1 saturated heterocycles. The summed E-state index contributed by atoms with van der Waals surface area (Å²) in [5, 5.41) is 8.72. The summed E-state index contributed by atoms with van der Waals surface area (Å²) in [6.45, 7) is 13.0. The van der Waals surface area contributed by atoms with Crippen LogP contribution < -0.4 is 5.73 Å². The third kappa shape index (κ3) is 6.89. The molecule has 1 aromatic rings. The van der Waals surface area contributed by atoms with Crippen molar-refractivity contribution < 1.29 is 0 Å². The molecule has 1 atom stereocenters. The van der Waals surface area contributed by atoms with Crippen LogP contribution in [0.15, 0.2) is 29.5 Å². The first kappa shape index (κ1) is 25.8. The first-order valence-electron chi connectivity index (χ1n) is 13.8. The number of rotatable bonds is 10. The molecule has 0 unspecified atom stereocenters. The van der Waals surface area contributed by atoms with Crippen LogP contribution in [-0.2, 0) is 6.42 Å². The van der Waals surface area contributed by atoms with Crippen LogP contribution in [0, 0.1) is 22.7 Å². The highest BCUT2D eigenvalue weighted by atomic mass is 15.4. The van der Waals surface area contributed by atoms with Crippen molar-refractivity contribution in [1.29, 1.82) is 5.41 Å². The monoisotopic (exact) mass is 481 g/mol. The molecular weight excluding hydrogens is 434 g/mol. The molecule has 0 spiro atoms. The molecule has 3 heterocycles. The number of nitrogens with zero attached hydrogens (tertiary/aromatic N) is 5. The van der Waals surface area contributed by atoms with Crippen molar-refractivity contribution in [2.24, 2.45) is 28.0 Å². The minimum absolute atomic E-state index is 0.407. The Labute approximate surface area is 212 Å². The van der Waals surface area contributed by atoms with Gasteiger partial charge in [0.2, 0.25) is 0 Å². The normalized spacial score (nSPS) is 25.5. The fraction of sp³-hybridized carbons (Fsp3) is 0.750. The maximum absolute atomic E-state index is 8.72. The summed E-state index contributed by atoms with van der Waals surface area (Å²) in [4.78, 5) is 15.6. The van der Waals surface area contributed by atoms with Gasteiger partial charge in [0, 0.05) is 45.1 Å². The number of pyridine rings is 1. The summed E-state index contributed by atoms with van der Waals surface area (Å²) in [6, 6.07) is 4.52. The predicted molar refractivity (Wildman–Crippen MR) is 145 cm³/mol. The minimum Gasteiger partial charge on any atom is -0.370 e. The first-order chi connectivity index (χ1) is 16.8. The average molecular weight is 482 g/mol. The fourth-order valence-corrected chi connectivity index (χ4v) is 6.17. The Balaban J connectivity index is 1.13. The number of hydrogen-bond acceptors (Lipinski definition) is 5. The van der Waals surface area contributed by atoms with Crippen molar-refractivity contribution in [2.75, 3.05) is 39.3 Å². The molecular formula is C28H47N7. The van der Waals surface area contributed by atoms with Gasteiger partial charge >= 0.3 is 0 Å². The van der Waals surface area contributed by atoms with Gasteiger partial charge in [-0.15, -0.1) is 0 Å². The van der Waals surface area contributed by atoms with Gasteiger partial charge in [-0.05, 0) is 80.2 Å². The fourth-order valence-electron chi connectivity index (χ4n) is 6.17. The van der Waals surface area contributed by atoms with Crippen LogP contribution in [0.5, 0.6) is 0 Å². The molecule has 1 aliphatic carbocycles. The minimum atomic E-state index is 0.407. The number of nitrogens with two attached hydrogens (primary N) is 1. The van der Waals surface area contributed by atoms with Crippen molar-refractivity contribution >= 4 is 11.9 Å². The summed E-state index contributed by atoms with van der Waals surface area (Å²) < 4.78 is 0. The van der Waals surface area contributed by atoms with Gasteiger partial charge in [0.05, 0.1) is 12.6 Å². The lowest BCUT2D eigenvalue weighted by molar-refractivity contribution is 0.140. The van der Waals surface area contributed by atoms with E-state index in [2.05, 4.69) is 51.5 Å². The molecule has 0 radical (unpaired) electrons. The molecule has 7 nitrogen and oxygen atoms in total. The van der Waals surface area contributed by atoms with Crippen LogP contribution in [0.2, 0.25) is 0 Å². The number of hydrogen-bond donors (Lipinski definition) is 2. The topological polar surface area (TPSA) is 84.8 Å². The van der Waals surface area contributed by atoms with Gasteiger partial charge in [0.1, 0.15) is 0 Å². The Hall–Kier alpha value is -2.31. The zero-order valence-electron chi connectivity index (χ0n) is 22.3. The maximum atomic E-state index is 8.72. The molecule has 0 aromatic carbocycles. The smallest absolute Gasteiger partial charge is 0.193 e. The zero-order valence-corrected chi connectivity index (χ0v) is 22.3. The first-order valence-corrected chi connectivity index (χ1v) is 13.8. The van der Waals surface area contributed by atoms with E-state index in [9.17, 15) is 0 Å². The van der Waals surface area contributed by atoms with Gasteiger partial charge in [-0.1, -0.05) is 26.8 Å². The van der Waals surface area contributed by atoms with Gasteiger partial charge in [-0.2, -0.15) is 0 Å². The van der Waals surface area contributed by atoms with Crippen molar-refractivity contribution in [1.82, 2.24) is 19.7 Å². The molecule has 3 aliphatic rings. The second-order valence-electron chi connectivity index (χ2n) is 12.0. The van der Waals surface area contributed by atoms with E-state index >= 15 is 0 Å². The molecule has 0 bridgehead atoms. The predicted octanol–water partition coefficient (Wildman–Crippen LogP) is 4.20. The average Bonchev–Trinajstić information content (AvgIpc) is 3.37. The van der Waals surface area contributed by atoms with Crippen molar-refractivity contribution in [3.8, 4) is 0 Å². The standard InChI is InChI=1S/C28H47N7/c1-28(2,3)24-11-9-23(10-12-24)21-34-18-17-33(27(34)30)15-5-4-8-25-20-32-26(29)35(25)16-13-22-7-6-14-31-19-22/h6-7,14,19,23-25,30H,4-5,8-13,15-18,20-21H2,1-3H3,(H2,29,32)/t23?,24?,25-/m1/s1. The van der Waals surface area contributed by atoms with Crippen molar-refractivity contribution in [3.05, 3.63) is 30.1 Å². The molecule has 0 amide bonds. The number of unbranched alkanes of at least 4 members (excludes halogenated alkanes) is 1. The highest BCUT2D eigenvalue weighted by Gasteiger charge is 2.32. The molecule has 7 heteroatoms. The number of aliphatic imine (C=N–C) groups is 1. The van der Waals surface area contributed by atoms with Crippen molar-refractivity contribution in [3.63, 3.8) is 0 Å². The van der Waals surface area contributed by atoms with Crippen LogP contribution >= 0.6 is 0 Å². The van der Waals surface area contributed by atoms with E-state index in [0.29, 0.717) is 17.4 Å². The highest BCUT2D eigenvalue weighted by molar-refractivity contribution is 5.80. The molecule has 194 valence electrons. The lowest BCUT2D eigenvalue weighted by atomic mass is 9.70. The summed E-state index contributed by atoms with van der Waals surface area (Å²) in [6.07, 6.45) is 13.4. The quantitative estimate of drug-likeness (QED) is 0.489. The Bertz CT molecular complexity index is 839. The van der Waals surface area contributed by atoms with Crippen LogP contribution in [0.4, 0.5) is 0 Å². The number of aromatic nitrogens is 1. The summed E-state index contributed by atoms with van der Waals surface area (Å²) in [5.74, 6) is 3.07. The molecule has 1 aromatic heterocycles. The Kier molecular flexibility index (Phi) is 8.55. The molecule has 35 heavy (non-hydrogen) atoms. The summed E-state index contributed by atoms with van der Waals surface area (Å²) in [7, 11) is 0. The van der Waals surface area contributed by atoms with Gasteiger partial charge in [-0.25, -0.2) is 0 Å². The second kappa shape index (κ2) is 11.6. The summed E-state index contributed by atoms with van der Waals surface area (Å²) in [5.41, 5.74) is 7.88. The van der Waals surface area contributed by atoms with Crippen molar-refractivity contribution in [2.45, 2.75) is 78.2 Å².